The van der Waals surface area contributed by atoms with Crippen LogP contribution < -0.4 is 20.3 Å². The molecular formula is C6H16N6O2S3. The average Bonchev–Trinajstić information content (AvgIpc) is 2.25. The molecule has 0 saturated carbocycles. The molecule has 0 spiro atoms. The quantitative estimate of drug-likeness (QED) is 0.354. The second-order valence-corrected chi connectivity index (χ2v) is 5.06. The van der Waals surface area contributed by atoms with Crippen LogP contribution in [0.4, 0.5) is 0 Å². The van der Waals surface area contributed by atoms with Gasteiger partial charge in [-0.2, -0.15) is 8.42 Å². The molecule has 0 saturated heterocycles. The number of hydrogen-bond acceptors (Lipinski definition) is 4. The molecule has 0 aromatic carbocycles. The van der Waals surface area contributed by atoms with Crippen LogP contribution >= 0.6 is 24.4 Å². The lowest BCUT2D eigenvalue weighted by Gasteiger charge is -2.24. The van der Waals surface area contributed by atoms with Crippen molar-refractivity contribution in [2.45, 2.75) is 0 Å². The van der Waals surface area contributed by atoms with E-state index in [-0.39, 0.29) is 10.2 Å². The van der Waals surface area contributed by atoms with Gasteiger partial charge in [0.25, 0.3) is 0 Å². The second-order valence-electron chi connectivity index (χ2n) is 2.91. The van der Waals surface area contributed by atoms with Gasteiger partial charge in [0.2, 0.25) is 0 Å². The maximum absolute atomic E-state index is 11.6. The van der Waals surface area contributed by atoms with Crippen LogP contribution in [0.1, 0.15) is 0 Å². The van der Waals surface area contributed by atoms with Gasteiger partial charge in [-0.1, -0.05) is 0 Å². The van der Waals surface area contributed by atoms with Gasteiger partial charge in [0, 0.05) is 28.2 Å². The van der Waals surface area contributed by atoms with Gasteiger partial charge in [-0.05, 0) is 24.4 Å². The summed E-state index contributed by atoms with van der Waals surface area (Å²) in [6, 6.07) is 0. The van der Waals surface area contributed by atoms with Crippen molar-refractivity contribution in [1.29, 1.82) is 0 Å². The van der Waals surface area contributed by atoms with Crippen LogP contribution in [-0.2, 0) is 10.2 Å². The third kappa shape index (κ3) is 5.93. The molecule has 0 amide bonds. The zero-order valence-corrected chi connectivity index (χ0v) is 12.4. The van der Waals surface area contributed by atoms with Gasteiger partial charge in [-0.15, -0.1) is 9.66 Å². The van der Waals surface area contributed by atoms with Crippen molar-refractivity contribution in [3.05, 3.63) is 0 Å². The lowest BCUT2D eigenvalue weighted by Crippen LogP contribution is -2.56. The number of thiocarbonyl (C=S) groups is 2. The summed E-state index contributed by atoms with van der Waals surface area (Å²) in [7, 11) is 2.31. The highest BCUT2D eigenvalue weighted by Gasteiger charge is 2.17. The molecule has 11 heteroatoms. The molecule has 0 atom stereocenters. The van der Waals surface area contributed by atoms with E-state index in [1.807, 2.05) is 0 Å². The molecular weight excluding hydrogens is 284 g/mol. The predicted octanol–water partition coefficient (Wildman–Crippen LogP) is -1.89. The summed E-state index contributed by atoms with van der Waals surface area (Å²) >= 11 is 9.68. The molecule has 0 fully saturated rings. The van der Waals surface area contributed by atoms with Crippen molar-refractivity contribution in [2.75, 3.05) is 28.2 Å². The highest BCUT2D eigenvalue weighted by Crippen LogP contribution is 1.87. The Morgan fingerprint density at radius 1 is 0.941 bits per heavy atom. The first-order chi connectivity index (χ1) is 7.73. The molecule has 0 aliphatic carbocycles. The minimum Gasteiger partial charge on any atom is -0.365 e. The lowest BCUT2D eigenvalue weighted by molar-refractivity contribution is 0.396. The van der Waals surface area contributed by atoms with Gasteiger partial charge in [-0.3, -0.25) is 10.0 Å². The topological polar surface area (TPSA) is 88.7 Å². The Hall–Kier alpha value is -0.750. The van der Waals surface area contributed by atoms with E-state index in [1.54, 1.807) is 14.1 Å². The standard InChI is InChI=1S/C6H16N6O2S3/c1-7-5(15)11(3)9-17(13,14)10-12(4)6(16)8-2/h9-10H,1-4H3,(H,7,15)(H,8,16). The average molecular weight is 300 g/mol. The summed E-state index contributed by atoms with van der Waals surface area (Å²) < 4.78 is 23.2. The van der Waals surface area contributed by atoms with Crippen molar-refractivity contribution < 1.29 is 8.42 Å². The van der Waals surface area contributed by atoms with Gasteiger partial charge in [-0.25, -0.2) is 0 Å². The Morgan fingerprint density at radius 3 is 1.47 bits per heavy atom. The third-order valence-electron chi connectivity index (χ3n) is 1.55. The Balaban J connectivity index is 4.50. The maximum Gasteiger partial charge on any atom is 0.311 e. The Kier molecular flexibility index (Phi) is 6.56. The van der Waals surface area contributed by atoms with E-state index in [2.05, 4.69) is 20.3 Å². The van der Waals surface area contributed by atoms with E-state index in [4.69, 9.17) is 24.4 Å². The van der Waals surface area contributed by atoms with Crippen molar-refractivity contribution in [2.24, 2.45) is 0 Å². The number of hydrogen-bond donors (Lipinski definition) is 4. The van der Waals surface area contributed by atoms with Crippen molar-refractivity contribution in [3.63, 3.8) is 0 Å². The zero-order valence-electron chi connectivity index (χ0n) is 9.94. The Bertz CT molecular complexity index is 353. The van der Waals surface area contributed by atoms with Gasteiger partial charge < -0.3 is 10.6 Å². The van der Waals surface area contributed by atoms with Gasteiger partial charge in [0.05, 0.1) is 0 Å². The molecule has 0 aromatic rings. The monoisotopic (exact) mass is 300 g/mol. The first-order valence-electron chi connectivity index (χ1n) is 4.44. The number of hydrazine groups is 2. The molecule has 0 aromatic heterocycles. The molecule has 8 nitrogen and oxygen atoms in total. The van der Waals surface area contributed by atoms with Crippen LogP contribution in [0.2, 0.25) is 0 Å². The highest BCUT2D eigenvalue weighted by atomic mass is 32.2. The molecule has 17 heavy (non-hydrogen) atoms. The highest BCUT2D eigenvalue weighted by molar-refractivity contribution is 7.87. The van der Waals surface area contributed by atoms with Gasteiger partial charge in [0.15, 0.2) is 10.2 Å². The molecule has 0 unspecified atom stereocenters. The van der Waals surface area contributed by atoms with E-state index in [9.17, 15) is 8.42 Å². The van der Waals surface area contributed by atoms with Crippen molar-refractivity contribution >= 4 is 44.9 Å². The predicted molar refractivity (Wildman–Crippen MR) is 74.0 cm³/mol. The summed E-state index contributed by atoms with van der Waals surface area (Å²) in [5, 5.41) is 8.01. The van der Waals surface area contributed by atoms with Crippen molar-refractivity contribution in [3.8, 4) is 0 Å². The minimum atomic E-state index is -3.79. The normalized spacial score (nSPS) is 10.6. The number of nitrogens with one attached hydrogen (secondary N) is 4. The van der Waals surface area contributed by atoms with E-state index in [0.29, 0.717) is 0 Å². The lowest BCUT2D eigenvalue weighted by atomic mass is 11.0. The molecule has 0 bridgehead atoms. The fraction of sp³-hybridized carbons (Fsp3) is 0.667. The summed E-state index contributed by atoms with van der Waals surface area (Å²) in [5.41, 5.74) is 0. The number of nitrogens with zero attached hydrogens (tertiary/aromatic N) is 2. The van der Waals surface area contributed by atoms with Crippen LogP contribution in [0.25, 0.3) is 0 Å². The van der Waals surface area contributed by atoms with Crippen LogP contribution in [-0.4, -0.2) is 56.9 Å². The third-order valence-corrected chi connectivity index (χ3v) is 3.54. The zero-order chi connectivity index (χ0) is 13.6. The molecule has 0 heterocycles. The summed E-state index contributed by atoms with van der Waals surface area (Å²) in [4.78, 5) is 4.36. The second kappa shape index (κ2) is 6.86. The van der Waals surface area contributed by atoms with Crippen LogP contribution in [0, 0.1) is 0 Å². The Morgan fingerprint density at radius 2 is 1.24 bits per heavy atom. The Labute approximate surface area is 112 Å². The molecule has 0 aliphatic heterocycles. The molecule has 0 aliphatic rings. The fourth-order valence-electron chi connectivity index (χ4n) is 0.799. The van der Waals surface area contributed by atoms with Crippen molar-refractivity contribution in [1.82, 2.24) is 30.3 Å². The van der Waals surface area contributed by atoms with Crippen LogP contribution in [0.15, 0.2) is 0 Å². The smallest absolute Gasteiger partial charge is 0.311 e. The molecule has 4 N–H and O–H groups in total. The van der Waals surface area contributed by atoms with Gasteiger partial charge >= 0.3 is 10.2 Å². The fourth-order valence-corrected chi connectivity index (χ4v) is 1.95. The molecule has 0 radical (unpaired) electrons. The maximum atomic E-state index is 11.6. The summed E-state index contributed by atoms with van der Waals surface area (Å²) in [5.74, 6) is 0. The number of rotatable bonds is 4. The molecule has 100 valence electrons. The first-order valence-corrected chi connectivity index (χ1v) is 6.74. The molecule has 0 rings (SSSR count). The SMILES string of the molecule is CNC(=S)N(C)NS(=O)(=O)NN(C)C(=S)NC. The van der Waals surface area contributed by atoms with E-state index in [1.165, 1.54) is 14.1 Å². The van der Waals surface area contributed by atoms with E-state index < -0.39 is 10.2 Å². The van der Waals surface area contributed by atoms with Crippen LogP contribution in [0.3, 0.4) is 0 Å². The van der Waals surface area contributed by atoms with E-state index >= 15 is 0 Å². The van der Waals surface area contributed by atoms with Gasteiger partial charge in [0.1, 0.15) is 0 Å². The minimum absolute atomic E-state index is 0.231. The largest absolute Gasteiger partial charge is 0.365 e. The first kappa shape index (κ1) is 16.2. The van der Waals surface area contributed by atoms with Crippen LogP contribution in [0.5, 0.6) is 0 Å². The summed E-state index contributed by atoms with van der Waals surface area (Å²) in [6.07, 6.45) is 0. The van der Waals surface area contributed by atoms with E-state index in [0.717, 1.165) is 10.0 Å². The summed E-state index contributed by atoms with van der Waals surface area (Å²) in [6.45, 7) is 0.